The number of likely N-dealkylation sites (N-methyl/N-ethyl adjacent to an activating group) is 1. The maximum Gasteiger partial charge on any atom is 0.253 e. The van der Waals surface area contributed by atoms with Gasteiger partial charge in [0.25, 0.3) is 5.91 Å². The molecule has 0 saturated heterocycles. The lowest BCUT2D eigenvalue weighted by atomic mass is 10.1. The maximum atomic E-state index is 12.8. The molecule has 182 valence electrons. The predicted octanol–water partition coefficient (Wildman–Crippen LogP) is -0.130. The summed E-state index contributed by atoms with van der Waals surface area (Å²) in [4.78, 5) is 47.5. The van der Waals surface area contributed by atoms with Gasteiger partial charge in [-0.2, -0.15) is 0 Å². The molecule has 1 aromatic heterocycles. The van der Waals surface area contributed by atoms with Crippen molar-refractivity contribution in [3.63, 3.8) is 0 Å². The molecule has 10 nitrogen and oxygen atoms in total. The van der Waals surface area contributed by atoms with Gasteiger partial charge in [0.05, 0.1) is 16.3 Å². The molecule has 10 heteroatoms. The van der Waals surface area contributed by atoms with Gasteiger partial charge >= 0.3 is 0 Å². The van der Waals surface area contributed by atoms with E-state index in [9.17, 15) is 19.5 Å². The second kappa shape index (κ2) is 11.6. The average molecular weight is 469 g/mol. The van der Waals surface area contributed by atoms with E-state index in [1.54, 1.807) is 6.20 Å². The third kappa shape index (κ3) is 5.70. The summed E-state index contributed by atoms with van der Waals surface area (Å²) in [5.41, 5.74) is -0.191. The number of hydrogen-bond donors (Lipinski definition) is 5. The SMILES string of the molecule is CCCNCCNC(=O)c1ccc(=O)c2nc3c(=CNCCN(C)CC)c(O)cc(=O)c3[nH]c12. The molecule has 0 aliphatic rings. The van der Waals surface area contributed by atoms with Crippen LogP contribution in [0, 0.1) is 0 Å². The standard InChI is InChI=1S/C24H32N6O4/c1-4-8-25-9-10-27-24(34)15-6-7-17(31)22-20(15)28-23-19(33)13-18(32)16(21(23)29-22)14-26-11-12-30(3)5-2/h6-7,13-14,25-26,28,32H,4-5,8-12H2,1-3H3,(H,27,34). The van der Waals surface area contributed by atoms with Gasteiger partial charge < -0.3 is 30.9 Å². The monoisotopic (exact) mass is 468 g/mol. The van der Waals surface area contributed by atoms with Crippen LogP contribution in [0.25, 0.3) is 28.3 Å². The Morgan fingerprint density at radius 1 is 1.09 bits per heavy atom. The number of aromatic nitrogens is 2. The Labute approximate surface area is 197 Å². The van der Waals surface area contributed by atoms with Crippen molar-refractivity contribution in [1.29, 1.82) is 0 Å². The van der Waals surface area contributed by atoms with Crippen LogP contribution in [0.5, 0.6) is 5.75 Å². The molecule has 0 fully saturated rings. The highest BCUT2D eigenvalue weighted by atomic mass is 16.3. The zero-order valence-electron chi connectivity index (χ0n) is 19.8. The van der Waals surface area contributed by atoms with E-state index in [1.165, 1.54) is 12.1 Å². The second-order valence-corrected chi connectivity index (χ2v) is 8.10. The molecule has 3 aromatic rings. The molecule has 34 heavy (non-hydrogen) atoms. The zero-order chi connectivity index (χ0) is 24.7. The van der Waals surface area contributed by atoms with Gasteiger partial charge in [0.2, 0.25) is 10.9 Å². The van der Waals surface area contributed by atoms with Crippen LogP contribution in [0.2, 0.25) is 0 Å². The number of hydrogen-bond acceptors (Lipinski definition) is 8. The fourth-order valence-corrected chi connectivity index (χ4v) is 3.51. The van der Waals surface area contributed by atoms with Gasteiger partial charge in [0.15, 0.2) is 0 Å². The van der Waals surface area contributed by atoms with Crippen molar-refractivity contribution in [2.75, 3.05) is 46.3 Å². The molecule has 0 aliphatic carbocycles. The lowest BCUT2D eigenvalue weighted by Crippen LogP contribution is -2.32. The van der Waals surface area contributed by atoms with E-state index in [0.717, 1.165) is 32.1 Å². The number of nitrogens with zero attached hydrogens (tertiary/aromatic N) is 2. The lowest BCUT2D eigenvalue weighted by Gasteiger charge is -2.13. The van der Waals surface area contributed by atoms with Crippen molar-refractivity contribution in [2.24, 2.45) is 0 Å². The predicted molar refractivity (Wildman–Crippen MR) is 134 cm³/mol. The van der Waals surface area contributed by atoms with Gasteiger partial charge in [-0.25, -0.2) is 4.98 Å². The molecule has 0 aliphatic heterocycles. The minimum absolute atomic E-state index is 0.0228. The number of fused-ring (bicyclic) bond motifs is 2. The van der Waals surface area contributed by atoms with Crippen LogP contribution in [0.15, 0.2) is 27.8 Å². The summed E-state index contributed by atoms with van der Waals surface area (Å²) in [5.74, 6) is -0.615. The van der Waals surface area contributed by atoms with Crippen molar-refractivity contribution >= 4 is 34.2 Å². The van der Waals surface area contributed by atoms with Crippen molar-refractivity contribution < 1.29 is 9.90 Å². The van der Waals surface area contributed by atoms with Crippen LogP contribution in [0.3, 0.4) is 0 Å². The summed E-state index contributed by atoms with van der Waals surface area (Å²) < 4.78 is 0. The normalized spacial score (nSPS) is 12.1. The molecule has 0 atom stereocenters. The largest absolute Gasteiger partial charge is 0.507 e. The first-order valence-corrected chi connectivity index (χ1v) is 11.5. The van der Waals surface area contributed by atoms with E-state index in [2.05, 4.69) is 44.7 Å². The third-order valence-corrected chi connectivity index (χ3v) is 5.58. The van der Waals surface area contributed by atoms with Crippen molar-refractivity contribution in [3.8, 4) is 5.75 Å². The van der Waals surface area contributed by atoms with E-state index >= 15 is 0 Å². The van der Waals surface area contributed by atoms with E-state index in [-0.39, 0.29) is 39.3 Å². The Bertz CT molecular complexity index is 1340. The van der Waals surface area contributed by atoms with Gasteiger partial charge in [0.1, 0.15) is 22.3 Å². The molecule has 1 amide bonds. The number of aromatic amines is 1. The van der Waals surface area contributed by atoms with Crippen LogP contribution in [-0.4, -0.2) is 72.2 Å². The Kier molecular flexibility index (Phi) is 8.55. The molecule has 0 saturated carbocycles. The Balaban J connectivity index is 2.03. The van der Waals surface area contributed by atoms with Crippen molar-refractivity contribution in [2.45, 2.75) is 20.3 Å². The molecule has 5 N–H and O–H groups in total. The van der Waals surface area contributed by atoms with Gasteiger partial charge in [-0.15, -0.1) is 0 Å². The van der Waals surface area contributed by atoms with E-state index in [4.69, 9.17) is 0 Å². The van der Waals surface area contributed by atoms with Gasteiger partial charge in [-0.3, -0.25) is 14.4 Å². The highest BCUT2D eigenvalue weighted by Crippen LogP contribution is 2.15. The highest BCUT2D eigenvalue weighted by molar-refractivity contribution is 6.06. The van der Waals surface area contributed by atoms with Crippen molar-refractivity contribution in [3.05, 3.63) is 49.4 Å². The quantitative estimate of drug-likeness (QED) is 0.194. The molecular formula is C24H32N6O4. The summed E-state index contributed by atoms with van der Waals surface area (Å²) in [7, 11) is 1.99. The first-order chi connectivity index (χ1) is 16.4. The zero-order valence-corrected chi connectivity index (χ0v) is 19.8. The number of aromatic hydroxyl groups is 1. The van der Waals surface area contributed by atoms with Crippen LogP contribution < -0.4 is 32.0 Å². The van der Waals surface area contributed by atoms with Crippen LogP contribution in [0.1, 0.15) is 30.6 Å². The summed E-state index contributed by atoms with van der Waals surface area (Å²) in [6, 6.07) is 3.80. The van der Waals surface area contributed by atoms with E-state index in [1.807, 2.05) is 7.05 Å². The molecule has 1 heterocycles. The second-order valence-electron chi connectivity index (χ2n) is 8.10. The number of carbonyl (C=O) groups excluding carboxylic acids is 1. The number of phenols is 1. The summed E-state index contributed by atoms with van der Waals surface area (Å²) in [6.07, 6.45) is 2.58. The molecule has 0 bridgehead atoms. The summed E-state index contributed by atoms with van der Waals surface area (Å²) in [6.45, 7) is 8.31. The summed E-state index contributed by atoms with van der Waals surface area (Å²) in [5, 5.41) is 19.8. The van der Waals surface area contributed by atoms with Crippen LogP contribution in [0.4, 0.5) is 0 Å². The molecule has 0 spiro atoms. The average Bonchev–Trinajstić information content (AvgIpc) is 2.82. The van der Waals surface area contributed by atoms with Crippen LogP contribution in [-0.2, 0) is 0 Å². The Morgan fingerprint density at radius 2 is 1.88 bits per heavy atom. The van der Waals surface area contributed by atoms with Gasteiger partial charge in [-0.05, 0) is 38.7 Å². The van der Waals surface area contributed by atoms with Gasteiger partial charge in [0, 0.05) is 38.4 Å². The van der Waals surface area contributed by atoms with E-state index in [0.29, 0.717) is 24.9 Å². The first-order valence-electron chi connectivity index (χ1n) is 11.5. The number of rotatable bonds is 11. The molecule has 0 radical (unpaired) electrons. The number of carbonyl (C=O) groups is 1. The molecular weight excluding hydrogens is 436 g/mol. The third-order valence-electron chi connectivity index (χ3n) is 5.58. The number of amides is 1. The Morgan fingerprint density at radius 3 is 2.62 bits per heavy atom. The molecule has 0 unspecified atom stereocenters. The first kappa shape index (κ1) is 25.1. The molecule has 3 rings (SSSR count). The fourth-order valence-electron chi connectivity index (χ4n) is 3.51. The highest BCUT2D eigenvalue weighted by Gasteiger charge is 2.16. The molecule has 2 aromatic carbocycles. The number of nitrogens with one attached hydrogen (secondary N) is 4. The Hall–Kier alpha value is -3.50. The minimum Gasteiger partial charge on any atom is -0.507 e. The smallest absolute Gasteiger partial charge is 0.253 e. The fraction of sp³-hybridized carbons (Fsp3) is 0.417. The number of benzene rings is 2. The lowest BCUT2D eigenvalue weighted by molar-refractivity contribution is 0.0955. The van der Waals surface area contributed by atoms with Gasteiger partial charge in [-0.1, -0.05) is 13.8 Å². The van der Waals surface area contributed by atoms with E-state index < -0.39 is 10.9 Å². The maximum absolute atomic E-state index is 12.8. The number of phenolic OH excluding ortho intramolecular Hbond substituents is 1. The minimum atomic E-state index is -0.490. The topological polar surface area (TPSA) is 139 Å². The van der Waals surface area contributed by atoms with Crippen molar-refractivity contribution in [1.82, 2.24) is 30.8 Å². The van der Waals surface area contributed by atoms with Crippen LogP contribution >= 0.6 is 0 Å². The summed E-state index contributed by atoms with van der Waals surface area (Å²) >= 11 is 0. The number of H-pyrrole nitrogens is 1.